The molecule has 0 saturated carbocycles. The number of aryl methyl sites for hydroxylation is 1. The molecule has 0 N–H and O–H groups in total. The lowest BCUT2D eigenvalue weighted by atomic mass is 10.2. The van der Waals surface area contributed by atoms with E-state index in [4.69, 9.17) is 21.1 Å². The van der Waals surface area contributed by atoms with Gasteiger partial charge in [0.15, 0.2) is 6.10 Å². The molecule has 1 aromatic carbocycles. The maximum absolute atomic E-state index is 12.4. The van der Waals surface area contributed by atoms with Crippen molar-refractivity contribution in [3.63, 3.8) is 0 Å². The molecule has 0 unspecified atom stereocenters. The zero-order chi connectivity index (χ0) is 14.5. The van der Waals surface area contributed by atoms with Crippen molar-refractivity contribution in [3.05, 3.63) is 28.8 Å². The normalized spacial score (nSPS) is 16.9. The van der Waals surface area contributed by atoms with E-state index in [-0.39, 0.29) is 5.91 Å². The third-order valence-corrected chi connectivity index (χ3v) is 3.64. The fraction of sp³-hybridized carbons (Fsp3) is 0.533. The monoisotopic (exact) mass is 297 g/mol. The van der Waals surface area contributed by atoms with Gasteiger partial charge in [-0.05, 0) is 31.0 Å². The maximum atomic E-state index is 12.4. The van der Waals surface area contributed by atoms with Gasteiger partial charge in [0.1, 0.15) is 5.75 Å². The molecule has 0 aromatic heterocycles. The van der Waals surface area contributed by atoms with E-state index >= 15 is 0 Å². The minimum atomic E-state index is -0.493. The Bertz CT molecular complexity index is 472. The van der Waals surface area contributed by atoms with Gasteiger partial charge >= 0.3 is 0 Å². The molecule has 1 fully saturated rings. The van der Waals surface area contributed by atoms with E-state index in [0.717, 1.165) is 5.56 Å². The first-order valence-corrected chi connectivity index (χ1v) is 7.29. The lowest BCUT2D eigenvalue weighted by Crippen LogP contribution is -2.47. The highest BCUT2D eigenvalue weighted by molar-refractivity contribution is 6.32. The smallest absolute Gasteiger partial charge is 0.263 e. The van der Waals surface area contributed by atoms with Crippen molar-refractivity contribution in [2.45, 2.75) is 26.4 Å². The first kappa shape index (κ1) is 15.1. The van der Waals surface area contributed by atoms with Crippen molar-refractivity contribution in [1.82, 2.24) is 4.90 Å². The molecule has 110 valence electrons. The van der Waals surface area contributed by atoms with Gasteiger partial charge in [0.25, 0.3) is 5.91 Å². The van der Waals surface area contributed by atoms with Crippen LogP contribution in [0.4, 0.5) is 0 Å². The van der Waals surface area contributed by atoms with Crippen LogP contribution < -0.4 is 4.74 Å². The molecule has 0 radical (unpaired) electrons. The summed E-state index contributed by atoms with van der Waals surface area (Å²) >= 11 is 6.12. The first-order chi connectivity index (χ1) is 9.61. The van der Waals surface area contributed by atoms with E-state index in [1.807, 2.05) is 26.0 Å². The maximum Gasteiger partial charge on any atom is 0.263 e. The number of carbonyl (C=O) groups is 1. The molecule has 1 aliphatic rings. The van der Waals surface area contributed by atoms with Crippen LogP contribution in [0.25, 0.3) is 0 Å². The molecular formula is C15H20ClNO3. The van der Waals surface area contributed by atoms with Crippen LogP contribution in [0.3, 0.4) is 0 Å². The molecule has 5 heteroatoms. The quantitative estimate of drug-likeness (QED) is 0.857. The predicted octanol–water partition coefficient (Wildman–Crippen LogP) is 2.66. The van der Waals surface area contributed by atoms with Gasteiger partial charge in [0.2, 0.25) is 0 Å². The van der Waals surface area contributed by atoms with Crippen LogP contribution in [-0.4, -0.2) is 43.2 Å². The molecule has 1 aliphatic heterocycles. The summed E-state index contributed by atoms with van der Waals surface area (Å²) in [6.45, 7) is 6.34. The minimum Gasteiger partial charge on any atom is -0.479 e. The lowest BCUT2D eigenvalue weighted by molar-refractivity contribution is -0.142. The molecule has 1 aromatic rings. The van der Waals surface area contributed by atoms with Crippen LogP contribution in [-0.2, 0) is 9.53 Å². The fourth-order valence-electron chi connectivity index (χ4n) is 2.15. The number of nitrogens with zero attached hydrogens (tertiary/aromatic N) is 1. The van der Waals surface area contributed by atoms with Gasteiger partial charge in [-0.25, -0.2) is 0 Å². The van der Waals surface area contributed by atoms with E-state index in [9.17, 15) is 4.79 Å². The van der Waals surface area contributed by atoms with E-state index in [0.29, 0.717) is 43.5 Å². The molecule has 20 heavy (non-hydrogen) atoms. The average Bonchev–Trinajstić information content (AvgIpc) is 2.48. The van der Waals surface area contributed by atoms with Gasteiger partial charge < -0.3 is 14.4 Å². The Morgan fingerprint density at radius 1 is 1.45 bits per heavy atom. The minimum absolute atomic E-state index is 0.00775. The third-order valence-electron chi connectivity index (χ3n) is 3.32. The Labute approximate surface area is 124 Å². The number of amides is 1. The Balaban J connectivity index is 2.07. The summed E-state index contributed by atoms with van der Waals surface area (Å²) in [5.74, 6) is 0.577. The highest BCUT2D eigenvalue weighted by atomic mass is 35.5. The summed E-state index contributed by atoms with van der Waals surface area (Å²) in [5, 5.41) is 0.531. The molecule has 2 rings (SSSR count). The lowest BCUT2D eigenvalue weighted by Gasteiger charge is -2.30. The van der Waals surface area contributed by atoms with Crippen molar-refractivity contribution in [2.75, 3.05) is 26.3 Å². The zero-order valence-corrected chi connectivity index (χ0v) is 12.7. The Morgan fingerprint density at radius 3 is 2.80 bits per heavy atom. The molecular weight excluding hydrogens is 278 g/mol. The van der Waals surface area contributed by atoms with E-state index < -0.39 is 6.10 Å². The van der Waals surface area contributed by atoms with Crippen molar-refractivity contribution in [2.24, 2.45) is 0 Å². The van der Waals surface area contributed by atoms with Crippen molar-refractivity contribution < 1.29 is 14.3 Å². The molecule has 4 nitrogen and oxygen atoms in total. The average molecular weight is 298 g/mol. The number of rotatable bonds is 4. The number of halogens is 1. The van der Waals surface area contributed by atoms with Crippen LogP contribution in [0, 0.1) is 6.92 Å². The van der Waals surface area contributed by atoms with Crippen molar-refractivity contribution in [1.29, 1.82) is 0 Å². The molecule has 0 spiro atoms. The van der Waals surface area contributed by atoms with Crippen molar-refractivity contribution >= 4 is 17.5 Å². The van der Waals surface area contributed by atoms with E-state index in [2.05, 4.69) is 0 Å². The summed E-state index contributed by atoms with van der Waals surface area (Å²) in [5.41, 5.74) is 1.05. The summed E-state index contributed by atoms with van der Waals surface area (Å²) in [6.07, 6.45) is 0.118. The van der Waals surface area contributed by atoms with Gasteiger partial charge in [-0.2, -0.15) is 0 Å². The van der Waals surface area contributed by atoms with Crippen LogP contribution in [0.15, 0.2) is 18.2 Å². The van der Waals surface area contributed by atoms with Crippen molar-refractivity contribution in [3.8, 4) is 5.75 Å². The number of hydrogen-bond acceptors (Lipinski definition) is 3. The second-order valence-corrected chi connectivity index (χ2v) is 5.29. The van der Waals surface area contributed by atoms with Gasteiger partial charge in [-0.1, -0.05) is 24.6 Å². The van der Waals surface area contributed by atoms with E-state index in [1.165, 1.54) is 0 Å². The highest BCUT2D eigenvalue weighted by Gasteiger charge is 2.26. The summed E-state index contributed by atoms with van der Waals surface area (Å²) in [6, 6.07) is 5.57. The molecule has 1 amide bonds. The second-order valence-electron chi connectivity index (χ2n) is 4.89. The number of morpholine rings is 1. The Kier molecular flexibility index (Phi) is 5.26. The SMILES string of the molecule is CC[C@@H](Oc1cc(C)ccc1Cl)C(=O)N1CCOCC1. The summed E-state index contributed by atoms with van der Waals surface area (Å²) in [7, 11) is 0. The molecule has 0 bridgehead atoms. The zero-order valence-electron chi connectivity index (χ0n) is 11.9. The van der Waals surface area contributed by atoms with Gasteiger partial charge in [0.05, 0.1) is 18.2 Å². The molecule has 0 aliphatic carbocycles. The third kappa shape index (κ3) is 3.64. The van der Waals surface area contributed by atoms with Crippen LogP contribution in [0.5, 0.6) is 5.75 Å². The highest BCUT2D eigenvalue weighted by Crippen LogP contribution is 2.27. The molecule has 1 atom stereocenters. The second kappa shape index (κ2) is 6.95. The predicted molar refractivity (Wildman–Crippen MR) is 78.3 cm³/mol. The molecule has 1 saturated heterocycles. The van der Waals surface area contributed by atoms with Gasteiger partial charge in [-0.15, -0.1) is 0 Å². The number of hydrogen-bond donors (Lipinski definition) is 0. The van der Waals surface area contributed by atoms with Gasteiger partial charge in [0, 0.05) is 13.1 Å². The number of benzene rings is 1. The largest absolute Gasteiger partial charge is 0.479 e. The van der Waals surface area contributed by atoms with Gasteiger partial charge in [-0.3, -0.25) is 4.79 Å². The molecule has 1 heterocycles. The number of ether oxygens (including phenoxy) is 2. The Morgan fingerprint density at radius 2 is 2.15 bits per heavy atom. The van der Waals surface area contributed by atoms with Crippen LogP contribution >= 0.6 is 11.6 Å². The standard InChI is InChI=1S/C15H20ClNO3/c1-3-13(15(18)17-6-8-19-9-7-17)20-14-10-11(2)4-5-12(14)16/h4-5,10,13H,3,6-9H2,1-2H3/t13-/m1/s1. The fourth-order valence-corrected chi connectivity index (χ4v) is 2.31. The summed E-state index contributed by atoms with van der Waals surface area (Å²) in [4.78, 5) is 14.2. The van der Waals surface area contributed by atoms with Crippen LogP contribution in [0.1, 0.15) is 18.9 Å². The summed E-state index contributed by atoms with van der Waals surface area (Å²) < 4.78 is 11.1. The van der Waals surface area contributed by atoms with Crippen LogP contribution in [0.2, 0.25) is 5.02 Å². The topological polar surface area (TPSA) is 38.8 Å². The first-order valence-electron chi connectivity index (χ1n) is 6.91. The van der Waals surface area contributed by atoms with E-state index in [1.54, 1.807) is 11.0 Å². The number of carbonyl (C=O) groups excluding carboxylic acids is 1. The Hall–Kier alpha value is -1.26.